The minimum Gasteiger partial charge on any atom is -0.324 e. The third-order valence-electron chi connectivity index (χ3n) is 3.92. The average molecular weight is 469 g/mol. The van der Waals surface area contributed by atoms with Crippen LogP contribution in [0.2, 0.25) is 10.0 Å². The molecule has 13 heteroatoms. The van der Waals surface area contributed by atoms with Crippen LogP contribution in [0, 0.1) is 0 Å². The first-order valence-electron chi connectivity index (χ1n) is 7.96. The molecule has 29 heavy (non-hydrogen) atoms. The van der Waals surface area contributed by atoms with Crippen LogP contribution < -0.4 is 10.9 Å². The SMILES string of the molecule is C[C@@H](C(=O)Nc1ccc(C(F)F)c(S(=O)(=O)N(C)C)c1)n1ncc(Cl)c(Cl)c1=O. The fourth-order valence-electron chi connectivity index (χ4n) is 2.27. The molecule has 0 spiro atoms. The summed E-state index contributed by atoms with van der Waals surface area (Å²) in [6.45, 7) is 1.35. The lowest BCUT2D eigenvalue weighted by molar-refractivity contribution is -0.119. The van der Waals surface area contributed by atoms with Crippen molar-refractivity contribution in [2.24, 2.45) is 0 Å². The lowest BCUT2D eigenvalue weighted by atomic mass is 10.2. The van der Waals surface area contributed by atoms with Gasteiger partial charge >= 0.3 is 0 Å². The molecule has 1 atom stereocenters. The first kappa shape index (κ1) is 23.2. The number of amides is 1. The van der Waals surface area contributed by atoms with E-state index in [2.05, 4.69) is 10.4 Å². The summed E-state index contributed by atoms with van der Waals surface area (Å²) in [7, 11) is -1.81. The molecular formula is C16H16Cl2F2N4O4S. The number of alkyl halides is 2. The van der Waals surface area contributed by atoms with Crippen molar-refractivity contribution >= 4 is 44.8 Å². The highest BCUT2D eigenvalue weighted by Gasteiger charge is 2.27. The fourth-order valence-corrected chi connectivity index (χ4v) is 3.66. The Balaban J connectivity index is 2.41. The second kappa shape index (κ2) is 8.74. The van der Waals surface area contributed by atoms with Crippen LogP contribution in [0.15, 0.2) is 34.1 Å². The van der Waals surface area contributed by atoms with Crippen molar-refractivity contribution in [1.82, 2.24) is 14.1 Å². The Morgan fingerprint density at radius 3 is 2.45 bits per heavy atom. The quantitative estimate of drug-likeness (QED) is 0.701. The van der Waals surface area contributed by atoms with Crippen LogP contribution in [0.1, 0.15) is 25.0 Å². The van der Waals surface area contributed by atoms with Crippen LogP contribution >= 0.6 is 23.2 Å². The van der Waals surface area contributed by atoms with E-state index in [-0.39, 0.29) is 15.7 Å². The monoisotopic (exact) mass is 468 g/mol. The molecule has 1 aromatic heterocycles. The Hall–Kier alpha value is -2.08. The number of sulfonamides is 1. The summed E-state index contributed by atoms with van der Waals surface area (Å²) in [5.41, 5.74) is -1.56. The van der Waals surface area contributed by atoms with E-state index >= 15 is 0 Å². The molecule has 0 fully saturated rings. The zero-order chi connectivity index (χ0) is 22.1. The molecule has 1 amide bonds. The van der Waals surface area contributed by atoms with Crippen LogP contribution in [-0.4, -0.2) is 42.5 Å². The van der Waals surface area contributed by atoms with Gasteiger partial charge in [0.25, 0.3) is 12.0 Å². The van der Waals surface area contributed by atoms with Gasteiger partial charge in [-0.3, -0.25) is 9.59 Å². The van der Waals surface area contributed by atoms with Gasteiger partial charge in [-0.15, -0.1) is 0 Å². The van der Waals surface area contributed by atoms with E-state index in [1.165, 1.54) is 21.0 Å². The van der Waals surface area contributed by atoms with Crippen molar-refractivity contribution in [3.05, 3.63) is 50.4 Å². The Morgan fingerprint density at radius 2 is 1.90 bits per heavy atom. The van der Waals surface area contributed by atoms with E-state index in [0.29, 0.717) is 0 Å². The predicted molar refractivity (Wildman–Crippen MR) is 104 cm³/mol. The third kappa shape index (κ3) is 4.74. The minimum absolute atomic E-state index is 0.0558. The Kier molecular flexibility index (Phi) is 6.99. The zero-order valence-corrected chi connectivity index (χ0v) is 17.7. The number of benzene rings is 1. The minimum atomic E-state index is -4.20. The van der Waals surface area contributed by atoms with Gasteiger partial charge in [0.2, 0.25) is 15.9 Å². The summed E-state index contributed by atoms with van der Waals surface area (Å²) in [4.78, 5) is 23.9. The summed E-state index contributed by atoms with van der Waals surface area (Å²) in [5.74, 6) is -0.754. The molecule has 0 radical (unpaired) electrons. The number of aromatic nitrogens is 2. The molecule has 0 aliphatic carbocycles. The standard InChI is InChI=1S/C16H16Cl2F2N4O4S/c1-8(24-16(26)13(18)11(17)7-21-24)15(25)22-9-4-5-10(14(19)20)12(6-9)29(27,28)23(2)3/h4-8,14H,1-3H3,(H,22,25)/t8-/m0/s1. The molecule has 1 aromatic carbocycles. The van der Waals surface area contributed by atoms with Crippen molar-refractivity contribution in [1.29, 1.82) is 0 Å². The molecular weight excluding hydrogens is 453 g/mol. The highest BCUT2D eigenvalue weighted by atomic mass is 35.5. The van der Waals surface area contributed by atoms with E-state index in [1.54, 1.807) is 0 Å². The van der Waals surface area contributed by atoms with E-state index in [4.69, 9.17) is 23.2 Å². The summed E-state index contributed by atoms with van der Waals surface area (Å²) in [6.07, 6.45) is -1.95. The van der Waals surface area contributed by atoms with Gasteiger partial charge in [0.05, 0.1) is 16.1 Å². The number of carbonyl (C=O) groups is 1. The molecule has 0 saturated heterocycles. The Morgan fingerprint density at radius 1 is 1.28 bits per heavy atom. The van der Waals surface area contributed by atoms with Crippen LogP contribution in [0.5, 0.6) is 0 Å². The number of rotatable bonds is 6. The lowest BCUT2D eigenvalue weighted by Gasteiger charge is -2.18. The summed E-state index contributed by atoms with van der Waals surface area (Å²) < 4.78 is 52.8. The molecule has 8 nitrogen and oxygen atoms in total. The third-order valence-corrected chi connectivity index (χ3v) is 6.54. The number of hydrogen-bond donors (Lipinski definition) is 1. The van der Waals surface area contributed by atoms with Crippen molar-refractivity contribution < 1.29 is 22.0 Å². The summed E-state index contributed by atoms with van der Waals surface area (Å²) >= 11 is 11.5. The summed E-state index contributed by atoms with van der Waals surface area (Å²) in [5, 5.41) is 5.72. The van der Waals surface area contributed by atoms with Crippen molar-refractivity contribution in [3.63, 3.8) is 0 Å². The van der Waals surface area contributed by atoms with Crippen LogP contribution in [0.25, 0.3) is 0 Å². The molecule has 0 saturated carbocycles. The molecule has 1 N–H and O–H groups in total. The molecule has 0 aliphatic heterocycles. The van der Waals surface area contributed by atoms with Crippen molar-refractivity contribution in [2.75, 3.05) is 19.4 Å². The normalized spacial score (nSPS) is 13.0. The average Bonchev–Trinajstić information content (AvgIpc) is 2.65. The largest absolute Gasteiger partial charge is 0.324 e. The second-order valence-electron chi connectivity index (χ2n) is 6.06. The van der Waals surface area contributed by atoms with Gasteiger partial charge in [0, 0.05) is 25.3 Å². The van der Waals surface area contributed by atoms with Gasteiger partial charge in [-0.2, -0.15) is 5.10 Å². The topological polar surface area (TPSA) is 101 Å². The highest BCUT2D eigenvalue weighted by Crippen LogP contribution is 2.30. The number of carbonyl (C=O) groups excluding carboxylic acids is 1. The molecule has 2 aromatic rings. The van der Waals surface area contributed by atoms with Crippen LogP contribution in [0.4, 0.5) is 14.5 Å². The molecule has 158 valence electrons. The van der Waals surface area contributed by atoms with E-state index < -0.39 is 44.4 Å². The number of anilines is 1. The molecule has 1 heterocycles. The highest BCUT2D eigenvalue weighted by molar-refractivity contribution is 7.89. The Labute approximate surface area is 175 Å². The van der Waals surface area contributed by atoms with Gasteiger partial charge in [-0.05, 0) is 25.1 Å². The van der Waals surface area contributed by atoms with Crippen LogP contribution in [0.3, 0.4) is 0 Å². The van der Waals surface area contributed by atoms with Crippen LogP contribution in [-0.2, 0) is 14.8 Å². The maximum absolute atomic E-state index is 13.2. The van der Waals surface area contributed by atoms with Gasteiger partial charge < -0.3 is 5.32 Å². The predicted octanol–water partition coefficient (Wildman–Crippen LogP) is 2.94. The maximum atomic E-state index is 13.2. The molecule has 0 aliphatic rings. The van der Waals surface area contributed by atoms with E-state index in [9.17, 15) is 26.8 Å². The second-order valence-corrected chi connectivity index (χ2v) is 8.97. The number of halogens is 4. The lowest BCUT2D eigenvalue weighted by Crippen LogP contribution is -2.33. The Bertz CT molecular complexity index is 1110. The van der Waals surface area contributed by atoms with Crippen molar-refractivity contribution in [2.45, 2.75) is 24.3 Å². The molecule has 0 unspecified atom stereocenters. The van der Waals surface area contributed by atoms with E-state index in [0.717, 1.165) is 33.4 Å². The summed E-state index contributed by atoms with van der Waals surface area (Å²) in [6, 6.07) is 1.81. The molecule has 2 rings (SSSR count). The van der Waals surface area contributed by atoms with E-state index in [1.807, 2.05) is 0 Å². The van der Waals surface area contributed by atoms with Gasteiger partial charge in [0.15, 0.2) is 0 Å². The zero-order valence-electron chi connectivity index (χ0n) is 15.4. The smallest absolute Gasteiger partial charge is 0.287 e. The fraction of sp³-hybridized carbons (Fsp3) is 0.312. The first-order chi connectivity index (χ1) is 13.4. The number of nitrogens with one attached hydrogen (secondary N) is 1. The van der Waals surface area contributed by atoms with Gasteiger partial charge in [0.1, 0.15) is 11.1 Å². The number of nitrogens with zero attached hydrogens (tertiary/aromatic N) is 3. The van der Waals surface area contributed by atoms with Gasteiger partial charge in [-0.1, -0.05) is 23.2 Å². The maximum Gasteiger partial charge on any atom is 0.287 e. The van der Waals surface area contributed by atoms with Gasteiger partial charge in [-0.25, -0.2) is 26.2 Å². The first-order valence-corrected chi connectivity index (χ1v) is 10.2. The number of hydrogen-bond acceptors (Lipinski definition) is 5. The molecule has 0 bridgehead atoms. The van der Waals surface area contributed by atoms with Crippen molar-refractivity contribution in [3.8, 4) is 0 Å².